The summed E-state index contributed by atoms with van der Waals surface area (Å²) in [6.45, 7) is 2.69. The van der Waals surface area contributed by atoms with Gasteiger partial charge in [-0.1, -0.05) is 24.3 Å². The van der Waals surface area contributed by atoms with E-state index >= 15 is 0 Å². The molecule has 0 aliphatic rings. The lowest BCUT2D eigenvalue weighted by atomic mass is 10.1. The van der Waals surface area contributed by atoms with Gasteiger partial charge < -0.3 is 25.2 Å². The number of rotatable bonds is 8. The van der Waals surface area contributed by atoms with Crippen molar-refractivity contribution >= 4 is 45.8 Å². The summed E-state index contributed by atoms with van der Waals surface area (Å²) >= 11 is 0.910. The van der Waals surface area contributed by atoms with Crippen molar-refractivity contribution in [3.63, 3.8) is 0 Å². The summed E-state index contributed by atoms with van der Waals surface area (Å²) in [5.74, 6) is -2.78. The number of anilines is 2. The van der Waals surface area contributed by atoms with Gasteiger partial charge >= 0.3 is 11.9 Å². The van der Waals surface area contributed by atoms with E-state index in [2.05, 4.69) is 10.6 Å². The molecule has 0 saturated heterocycles. The van der Waals surface area contributed by atoms with Crippen LogP contribution in [0, 0.1) is 6.92 Å². The number of thiophene rings is 1. The van der Waals surface area contributed by atoms with Crippen LogP contribution in [0.1, 0.15) is 42.9 Å². The number of amides is 2. The van der Waals surface area contributed by atoms with E-state index in [9.17, 15) is 24.3 Å². The Morgan fingerprint density at radius 2 is 1.68 bits per heavy atom. The molecule has 0 saturated carbocycles. The SMILES string of the molecule is CCOC(=O)c1c(NC(=O)COC(=O)c2cccc(O)c2)sc(C(=O)Nc2ccccc2)c1C. The lowest BCUT2D eigenvalue weighted by Crippen LogP contribution is -2.21. The maximum atomic E-state index is 12.8. The van der Waals surface area contributed by atoms with Gasteiger partial charge in [0.25, 0.3) is 11.8 Å². The summed E-state index contributed by atoms with van der Waals surface area (Å²) in [7, 11) is 0. The Morgan fingerprint density at radius 1 is 0.941 bits per heavy atom. The van der Waals surface area contributed by atoms with Crippen LogP contribution in [0.4, 0.5) is 10.7 Å². The van der Waals surface area contributed by atoms with E-state index in [-0.39, 0.29) is 33.4 Å². The van der Waals surface area contributed by atoms with Crippen molar-refractivity contribution in [2.45, 2.75) is 13.8 Å². The fourth-order valence-electron chi connectivity index (χ4n) is 2.99. The molecular weight excluding hydrogens is 460 g/mol. The van der Waals surface area contributed by atoms with E-state index < -0.39 is 30.4 Å². The molecular formula is C24H22N2O7S. The summed E-state index contributed by atoms with van der Waals surface area (Å²) in [4.78, 5) is 50.1. The number of nitrogens with one attached hydrogen (secondary N) is 2. The van der Waals surface area contributed by atoms with Gasteiger partial charge in [0.15, 0.2) is 6.61 Å². The average Bonchev–Trinajstić information content (AvgIpc) is 3.14. The molecule has 10 heteroatoms. The van der Waals surface area contributed by atoms with Crippen molar-refractivity contribution in [2.24, 2.45) is 0 Å². The van der Waals surface area contributed by atoms with E-state index in [0.29, 0.717) is 11.3 Å². The van der Waals surface area contributed by atoms with Crippen molar-refractivity contribution in [2.75, 3.05) is 23.8 Å². The van der Waals surface area contributed by atoms with Crippen LogP contribution in [0.15, 0.2) is 54.6 Å². The zero-order valence-electron chi connectivity index (χ0n) is 18.4. The minimum Gasteiger partial charge on any atom is -0.508 e. The van der Waals surface area contributed by atoms with E-state index in [1.54, 1.807) is 38.1 Å². The smallest absolute Gasteiger partial charge is 0.341 e. The molecule has 0 bridgehead atoms. The summed E-state index contributed by atoms with van der Waals surface area (Å²) in [6, 6.07) is 14.3. The van der Waals surface area contributed by atoms with Crippen molar-refractivity contribution in [1.82, 2.24) is 0 Å². The molecule has 1 aromatic heterocycles. The molecule has 2 aromatic carbocycles. The normalized spacial score (nSPS) is 10.3. The quantitative estimate of drug-likeness (QED) is 0.414. The van der Waals surface area contributed by atoms with Crippen LogP contribution in [-0.2, 0) is 14.3 Å². The number of phenolic OH excluding ortho intramolecular Hbond substituents is 1. The highest BCUT2D eigenvalue weighted by atomic mass is 32.1. The number of hydrogen-bond acceptors (Lipinski definition) is 8. The van der Waals surface area contributed by atoms with Gasteiger partial charge in [-0.15, -0.1) is 11.3 Å². The highest BCUT2D eigenvalue weighted by Gasteiger charge is 2.27. The lowest BCUT2D eigenvalue weighted by molar-refractivity contribution is -0.119. The molecule has 0 radical (unpaired) electrons. The standard InChI is InChI=1S/C24H22N2O7S/c1-3-32-24(31)19-14(2)20(21(29)25-16-9-5-4-6-10-16)34-22(19)26-18(28)13-33-23(30)15-8-7-11-17(27)12-15/h4-12,27H,3,13H2,1-2H3,(H,25,29)(H,26,28). The lowest BCUT2D eigenvalue weighted by Gasteiger charge is -2.08. The van der Waals surface area contributed by atoms with Gasteiger partial charge in [0.05, 0.1) is 22.6 Å². The van der Waals surface area contributed by atoms with Gasteiger partial charge in [-0.3, -0.25) is 9.59 Å². The Morgan fingerprint density at radius 3 is 2.35 bits per heavy atom. The first kappa shape index (κ1) is 24.5. The molecule has 9 nitrogen and oxygen atoms in total. The van der Waals surface area contributed by atoms with Gasteiger partial charge in [0, 0.05) is 5.69 Å². The molecule has 0 atom stereocenters. The molecule has 0 aliphatic carbocycles. The second-order valence-corrected chi connectivity index (χ2v) is 8.00. The number of esters is 2. The Balaban J connectivity index is 1.76. The van der Waals surface area contributed by atoms with Crippen LogP contribution in [0.2, 0.25) is 0 Å². The van der Waals surface area contributed by atoms with Crippen molar-refractivity contribution < 1.29 is 33.8 Å². The fraction of sp³-hybridized carbons (Fsp3) is 0.167. The first-order chi connectivity index (χ1) is 16.3. The largest absolute Gasteiger partial charge is 0.508 e. The monoisotopic (exact) mass is 482 g/mol. The zero-order valence-corrected chi connectivity index (χ0v) is 19.2. The summed E-state index contributed by atoms with van der Waals surface area (Å²) in [5, 5.41) is 14.8. The van der Waals surface area contributed by atoms with Gasteiger partial charge in [-0.05, 0) is 49.7 Å². The topological polar surface area (TPSA) is 131 Å². The molecule has 3 aromatic rings. The van der Waals surface area contributed by atoms with Gasteiger partial charge in [0.1, 0.15) is 10.8 Å². The van der Waals surface area contributed by atoms with Crippen molar-refractivity contribution in [3.05, 3.63) is 76.2 Å². The van der Waals surface area contributed by atoms with Crippen LogP contribution < -0.4 is 10.6 Å². The molecule has 1 heterocycles. The van der Waals surface area contributed by atoms with Crippen LogP contribution in [-0.4, -0.2) is 42.1 Å². The third kappa shape index (κ3) is 5.99. The number of hydrogen-bond donors (Lipinski definition) is 3. The molecule has 2 amide bonds. The first-order valence-corrected chi connectivity index (χ1v) is 11.0. The van der Waals surface area contributed by atoms with E-state index in [1.807, 2.05) is 6.07 Å². The Bertz CT molecular complexity index is 1220. The third-order valence-corrected chi connectivity index (χ3v) is 5.74. The molecule has 0 unspecified atom stereocenters. The highest BCUT2D eigenvalue weighted by Crippen LogP contribution is 2.34. The maximum absolute atomic E-state index is 12.8. The fourth-order valence-corrected chi connectivity index (χ4v) is 4.09. The van der Waals surface area contributed by atoms with Crippen molar-refractivity contribution in [1.29, 1.82) is 0 Å². The number of aromatic hydroxyl groups is 1. The highest BCUT2D eigenvalue weighted by molar-refractivity contribution is 7.19. The number of ether oxygens (including phenoxy) is 2. The first-order valence-electron chi connectivity index (χ1n) is 10.2. The third-order valence-electron chi connectivity index (χ3n) is 4.53. The Labute approximate surface area is 199 Å². The van der Waals surface area contributed by atoms with Crippen LogP contribution in [0.5, 0.6) is 5.75 Å². The Kier molecular flexibility index (Phi) is 7.99. The molecule has 0 fully saturated rings. The number of carbonyl (C=O) groups excluding carboxylic acids is 4. The van der Waals surface area contributed by atoms with E-state index in [0.717, 1.165) is 11.3 Å². The van der Waals surface area contributed by atoms with Gasteiger partial charge in [-0.2, -0.15) is 0 Å². The maximum Gasteiger partial charge on any atom is 0.341 e. The minimum atomic E-state index is -0.804. The Hall–Kier alpha value is -4.18. The van der Waals surface area contributed by atoms with Crippen LogP contribution in [0.25, 0.3) is 0 Å². The van der Waals surface area contributed by atoms with E-state index in [1.165, 1.54) is 24.3 Å². The summed E-state index contributed by atoms with van der Waals surface area (Å²) in [5.41, 5.74) is 1.05. The van der Waals surface area contributed by atoms with Gasteiger partial charge in [-0.25, -0.2) is 9.59 Å². The minimum absolute atomic E-state index is 0.0534. The van der Waals surface area contributed by atoms with Crippen LogP contribution >= 0.6 is 11.3 Å². The zero-order chi connectivity index (χ0) is 24.7. The second-order valence-electron chi connectivity index (χ2n) is 6.98. The summed E-state index contributed by atoms with van der Waals surface area (Å²) < 4.78 is 10.1. The summed E-state index contributed by atoms with van der Waals surface area (Å²) in [6.07, 6.45) is 0. The number of para-hydroxylation sites is 1. The predicted molar refractivity (Wildman–Crippen MR) is 126 cm³/mol. The number of benzene rings is 2. The molecule has 176 valence electrons. The molecule has 0 aliphatic heterocycles. The van der Waals surface area contributed by atoms with Crippen LogP contribution in [0.3, 0.4) is 0 Å². The van der Waals surface area contributed by atoms with Gasteiger partial charge in [0.2, 0.25) is 0 Å². The predicted octanol–water partition coefficient (Wildman–Crippen LogP) is 3.99. The molecule has 34 heavy (non-hydrogen) atoms. The number of phenols is 1. The van der Waals surface area contributed by atoms with E-state index in [4.69, 9.17) is 9.47 Å². The molecule has 3 N–H and O–H groups in total. The number of carbonyl (C=O) groups is 4. The second kappa shape index (κ2) is 11.1. The van der Waals surface area contributed by atoms with Crippen molar-refractivity contribution in [3.8, 4) is 5.75 Å². The molecule has 0 spiro atoms. The average molecular weight is 483 g/mol. The molecule has 3 rings (SSSR count).